The Kier molecular flexibility index (Phi) is 16.6. The van der Waals surface area contributed by atoms with Gasteiger partial charge in [-0.25, -0.2) is 4.98 Å². The first-order valence-corrected chi connectivity index (χ1v) is 25.9. The number of aliphatic hydroxyl groups is 1. The maximum absolute atomic E-state index is 13.3. The molecular weight excluding hydrogens is 873 g/mol. The number of carbonyl (C=O) groups is 4. The maximum Gasteiger partial charge on any atom is 0.279 e. The number of hydrogen-bond donors (Lipinski definition) is 4. The predicted molar refractivity (Wildman–Crippen MR) is 259 cm³/mol. The highest BCUT2D eigenvalue weighted by molar-refractivity contribution is 7.86. The van der Waals surface area contributed by atoms with E-state index in [4.69, 9.17) is 10.8 Å². The number of Topliss-reactive ketones (excluding diaryl/α,β-unsaturated/α-hetero) is 2. The van der Waals surface area contributed by atoms with Crippen LogP contribution in [0.2, 0.25) is 0 Å². The van der Waals surface area contributed by atoms with Gasteiger partial charge < -0.3 is 21.5 Å². The summed E-state index contributed by atoms with van der Waals surface area (Å²) in [5.74, 6) is 0.962. The Morgan fingerprint density at radius 3 is 1.70 bits per heavy atom. The summed E-state index contributed by atoms with van der Waals surface area (Å²) in [6.07, 6.45) is 21.6. The van der Waals surface area contributed by atoms with Crippen LogP contribution in [0.3, 0.4) is 0 Å². The number of nitrogens with zero attached hydrogens (tertiary/aromatic N) is 3. The van der Waals surface area contributed by atoms with Crippen molar-refractivity contribution < 1.29 is 32.7 Å². The zero-order valence-electron chi connectivity index (χ0n) is 38.1. The number of rotatable bonds is 16. The summed E-state index contributed by atoms with van der Waals surface area (Å²) < 4.78 is 25.8. The summed E-state index contributed by atoms with van der Waals surface area (Å²) in [6.45, 7) is 3.78. The van der Waals surface area contributed by atoms with Crippen LogP contribution >= 0.6 is 0 Å². The summed E-state index contributed by atoms with van der Waals surface area (Å²) in [4.78, 5) is 64.1. The number of benzene rings is 2. The number of ketones is 2. The first kappa shape index (κ1) is 48.7. The van der Waals surface area contributed by atoms with Crippen molar-refractivity contribution in [2.75, 3.05) is 12.4 Å². The second kappa shape index (κ2) is 22.5. The van der Waals surface area contributed by atoms with Gasteiger partial charge in [0.25, 0.3) is 11.8 Å². The van der Waals surface area contributed by atoms with Crippen molar-refractivity contribution in [1.29, 1.82) is 0 Å². The third-order valence-electron chi connectivity index (χ3n) is 12.4. The number of nitrogens with one attached hydrogen (secondary N) is 2. The van der Waals surface area contributed by atoms with Gasteiger partial charge in [-0.1, -0.05) is 38.1 Å². The molecule has 13 nitrogen and oxygen atoms in total. The second-order valence-electron chi connectivity index (χ2n) is 17.8. The normalized spacial score (nSPS) is 22.0. The van der Waals surface area contributed by atoms with E-state index in [0.29, 0.717) is 60.2 Å². The number of aliphatic hydroxyl groups excluding tert-OH is 1. The molecule has 6 saturated carbocycles. The van der Waals surface area contributed by atoms with E-state index in [1.165, 1.54) is 18.5 Å². The Hall–Kier alpha value is -5.25. The molecule has 1 heterocycles. The zero-order chi connectivity index (χ0) is 46.9. The molecule has 0 saturated heterocycles. The second-order valence-corrected chi connectivity index (χ2v) is 21.2. The topological polar surface area (TPSA) is 211 Å². The number of amides is 2. The van der Waals surface area contributed by atoms with Crippen molar-refractivity contribution in [2.45, 2.75) is 142 Å². The Bertz CT molecular complexity index is 2480. The lowest BCUT2D eigenvalue weighted by atomic mass is 9.95. The van der Waals surface area contributed by atoms with Gasteiger partial charge in [-0.2, -0.15) is 4.99 Å². The summed E-state index contributed by atoms with van der Waals surface area (Å²) in [5.41, 5.74) is 11.0. The number of hydrogen-bond acceptors (Lipinski definition) is 10. The van der Waals surface area contributed by atoms with E-state index in [2.05, 4.69) is 25.6 Å². The fourth-order valence-electron chi connectivity index (χ4n) is 8.25. The van der Waals surface area contributed by atoms with E-state index in [0.717, 1.165) is 96.3 Å². The van der Waals surface area contributed by atoms with Crippen LogP contribution in [0.5, 0.6) is 0 Å². The average molecular weight is 935 g/mol. The molecule has 0 spiro atoms. The zero-order valence-corrected chi connectivity index (χ0v) is 39.8. The van der Waals surface area contributed by atoms with Crippen molar-refractivity contribution in [3.05, 3.63) is 101 Å². The minimum Gasteiger partial charge on any atom is -0.394 e. The largest absolute Gasteiger partial charge is 0.394 e. The summed E-state index contributed by atoms with van der Waals surface area (Å²) in [7, 11) is -0.241. The van der Waals surface area contributed by atoms with Crippen LogP contribution in [0, 0.1) is 11.8 Å². The van der Waals surface area contributed by atoms with E-state index < -0.39 is 27.5 Å². The van der Waals surface area contributed by atoms with E-state index in [1.54, 1.807) is 13.2 Å². The SMILES string of the molecule is CC.CN/C=C\C(N)=NC(=O)/C(=C/[C@H]1CCC(=O)C1)c1ccc(S(=O)C2CC2)c(C2CC2)c1.O=C1CCC(/C=C(/C(=O)Nc2cnc(CO)cn2)c2ccc(S(=O)C3CC3)c(C3CC3)c2)C1. The lowest BCUT2D eigenvalue weighted by Crippen LogP contribution is -2.16. The Morgan fingerprint density at radius 1 is 0.758 bits per heavy atom. The molecule has 9 rings (SSSR count). The van der Waals surface area contributed by atoms with Gasteiger partial charge in [-0.05, 0) is 147 Å². The molecule has 6 fully saturated rings. The van der Waals surface area contributed by atoms with Crippen LogP contribution in [0.15, 0.2) is 88.0 Å². The summed E-state index contributed by atoms with van der Waals surface area (Å²) >= 11 is 0. The molecule has 1 aromatic heterocycles. The standard InChI is InChI=1S/C25H27N3O4S.C24H29N3O3S.C2H6/c29-14-18-12-27-24(13-26-18)28-25(31)22(10-15-1-5-19(30)9-15)17-4-8-23(33(32)20-6-7-20)21(11-17)16-2-3-16;1-26-11-10-23(25)27-24(29)21(13-15-2-6-18(28)12-15)17-5-9-22(31(30)19-7-8-19)20(14-17)16-3-4-16;1-2/h4,8,10-13,15-16,20,29H,1-3,5-7,9,14H2,(H,27,28,31);5,9-11,13-16,19,26H,2-4,6-8,12H2,1H3,(H2,25,27,29);1-2H3/b22-10+;11-10-,21-13+;/t;15-,31?;/m.0./s1. The number of carbonyl (C=O) groups excluding carboxylic acids is 4. The summed E-state index contributed by atoms with van der Waals surface area (Å²) in [6, 6.07) is 11.6. The molecule has 6 aliphatic rings. The van der Waals surface area contributed by atoms with Crippen molar-refractivity contribution in [3.63, 3.8) is 0 Å². The van der Waals surface area contributed by atoms with E-state index in [-0.39, 0.29) is 52.3 Å². The quantitative estimate of drug-likeness (QED) is 0.0620. The maximum atomic E-state index is 13.3. The van der Waals surface area contributed by atoms with E-state index in [1.807, 2.05) is 62.4 Å². The van der Waals surface area contributed by atoms with Gasteiger partial charge in [-0.3, -0.25) is 32.6 Å². The highest BCUT2D eigenvalue weighted by atomic mass is 32.2. The van der Waals surface area contributed by atoms with Crippen LogP contribution in [-0.4, -0.2) is 70.3 Å². The molecular formula is C51H62N6O7S2. The Balaban J connectivity index is 0.000000190. The highest BCUT2D eigenvalue weighted by Gasteiger charge is 2.36. The minimum absolute atomic E-state index is 0.0192. The Labute approximate surface area is 392 Å². The monoisotopic (exact) mass is 934 g/mol. The molecule has 2 aromatic carbocycles. The molecule has 66 heavy (non-hydrogen) atoms. The first-order chi connectivity index (χ1) is 32.0. The van der Waals surface area contributed by atoms with Gasteiger partial charge in [0.05, 0.1) is 46.3 Å². The van der Waals surface area contributed by atoms with Crippen LogP contribution in [0.25, 0.3) is 11.1 Å². The molecule has 0 radical (unpaired) electrons. The van der Waals surface area contributed by atoms with Crippen LogP contribution in [0.4, 0.5) is 5.82 Å². The first-order valence-electron chi connectivity index (χ1n) is 23.5. The van der Waals surface area contributed by atoms with Crippen molar-refractivity contribution in [3.8, 4) is 0 Å². The number of amidine groups is 1. The van der Waals surface area contributed by atoms with Gasteiger partial charge in [0.1, 0.15) is 17.4 Å². The van der Waals surface area contributed by atoms with Crippen molar-refractivity contribution in [2.24, 2.45) is 22.6 Å². The van der Waals surface area contributed by atoms with Gasteiger partial charge in [-0.15, -0.1) is 0 Å². The fraction of sp³-hybridized carbons (Fsp3) is 0.471. The molecule has 15 heteroatoms. The van der Waals surface area contributed by atoms with Gasteiger partial charge >= 0.3 is 0 Å². The number of aromatic nitrogens is 2. The molecule has 0 bridgehead atoms. The summed E-state index contributed by atoms with van der Waals surface area (Å²) in [5, 5.41) is 15.3. The van der Waals surface area contributed by atoms with Crippen molar-refractivity contribution in [1.82, 2.24) is 15.3 Å². The highest BCUT2D eigenvalue weighted by Crippen LogP contribution is 2.47. The molecule has 350 valence electrons. The molecule has 2 amide bonds. The smallest absolute Gasteiger partial charge is 0.279 e. The van der Waals surface area contributed by atoms with Crippen LogP contribution < -0.4 is 16.4 Å². The minimum atomic E-state index is -0.995. The van der Waals surface area contributed by atoms with Crippen molar-refractivity contribution >= 4 is 67.8 Å². The molecule has 5 N–H and O–H groups in total. The number of anilines is 1. The van der Waals surface area contributed by atoms with Gasteiger partial charge in [0, 0.05) is 64.2 Å². The molecule has 3 unspecified atom stereocenters. The van der Waals surface area contributed by atoms with Crippen LogP contribution in [0.1, 0.15) is 144 Å². The van der Waals surface area contributed by atoms with Crippen LogP contribution in [-0.2, 0) is 47.4 Å². The third-order valence-corrected chi connectivity index (χ3v) is 16.1. The molecule has 3 aromatic rings. The number of nitrogens with two attached hydrogens (primary N) is 1. The molecule has 0 aliphatic heterocycles. The average Bonchev–Trinajstić information content (AvgIpc) is 4.12. The molecule has 6 aliphatic carbocycles. The molecule has 4 atom stereocenters. The van der Waals surface area contributed by atoms with E-state index >= 15 is 0 Å². The predicted octanol–water partition coefficient (Wildman–Crippen LogP) is 7.74. The number of aliphatic imine (C=N–C) groups is 1. The van der Waals surface area contributed by atoms with Gasteiger partial charge in [0.15, 0.2) is 5.82 Å². The lowest BCUT2D eigenvalue weighted by molar-refractivity contribution is -0.118. The van der Waals surface area contributed by atoms with E-state index in [9.17, 15) is 27.6 Å². The third kappa shape index (κ3) is 13.0. The fourth-order valence-corrected chi connectivity index (χ4v) is 11.4. The van der Waals surface area contributed by atoms with Gasteiger partial charge in [0.2, 0.25) is 0 Å². The number of allylic oxidation sites excluding steroid dienone is 2. The Morgan fingerprint density at radius 2 is 1.27 bits per heavy atom. The lowest BCUT2D eigenvalue weighted by Gasteiger charge is -2.15.